The Morgan fingerprint density at radius 1 is 0.473 bits per heavy atom. The second kappa shape index (κ2) is 45.7. The smallest absolute Gasteiger partial charge is 0.288 e. The number of aromatic nitrogens is 6. The van der Waals surface area contributed by atoms with Crippen LogP contribution in [0.25, 0.3) is 62.2 Å². The molecule has 0 aliphatic carbocycles. The van der Waals surface area contributed by atoms with Gasteiger partial charge in [-0.3, -0.25) is 39.3 Å². The van der Waals surface area contributed by atoms with E-state index in [0.717, 1.165) is 163 Å². The van der Waals surface area contributed by atoms with Crippen LogP contribution in [0.5, 0.6) is 0 Å². The van der Waals surface area contributed by atoms with Gasteiger partial charge in [-0.15, -0.1) is 0 Å². The number of likely N-dealkylation sites (tertiary alicyclic amines) is 2. The van der Waals surface area contributed by atoms with E-state index >= 15 is 0 Å². The topological polar surface area (TPSA) is 191 Å². The van der Waals surface area contributed by atoms with E-state index in [2.05, 4.69) is 39.7 Å². The van der Waals surface area contributed by atoms with E-state index in [0.29, 0.717) is 57.2 Å². The molecule has 2 fully saturated rings. The van der Waals surface area contributed by atoms with Crippen LogP contribution in [-0.2, 0) is 18.9 Å². The quantitative estimate of drug-likeness (QED) is 0.0415. The van der Waals surface area contributed by atoms with Gasteiger partial charge in [-0.2, -0.15) is 5.10 Å². The summed E-state index contributed by atoms with van der Waals surface area (Å²) in [5.74, 6) is -1.20. The number of likely N-dealkylation sites (N-methyl/N-ethyl adjacent to an activating group) is 2. The van der Waals surface area contributed by atoms with Crippen molar-refractivity contribution in [3.05, 3.63) is 376 Å². The summed E-state index contributed by atoms with van der Waals surface area (Å²) in [4.78, 5) is 84.7. The van der Waals surface area contributed by atoms with Crippen molar-refractivity contribution >= 4 is 58.4 Å². The molecule has 3 atom stereocenters. The third-order valence-corrected chi connectivity index (χ3v) is 25.0. The summed E-state index contributed by atoms with van der Waals surface area (Å²) >= 11 is 12.5. The lowest BCUT2D eigenvalue weighted by Gasteiger charge is -2.50. The first kappa shape index (κ1) is 95.2. The minimum atomic E-state index is -1.05. The minimum Gasteiger partial charge on any atom is -0.347 e. The molecule has 3 aromatic heterocycles. The van der Waals surface area contributed by atoms with Gasteiger partial charge in [0.1, 0.15) is 45.7 Å². The first-order chi connectivity index (χ1) is 63.6. The second-order valence-corrected chi connectivity index (χ2v) is 33.9. The number of nitrogens with one attached hydrogen (secondary N) is 3. The van der Waals surface area contributed by atoms with Crippen LogP contribution in [-0.4, -0.2) is 151 Å². The van der Waals surface area contributed by atoms with Crippen molar-refractivity contribution in [1.29, 1.82) is 0 Å². The summed E-state index contributed by atoms with van der Waals surface area (Å²) < 4.78 is 32.8. The summed E-state index contributed by atoms with van der Waals surface area (Å²) in [5, 5.41) is 14.0. The molecule has 16 rings (SSSR count). The van der Waals surface area contributed by atoms with Gasteiger partial charge >= 0.3 is 0 Å². The molecular formula is C108H114Cl2F2N14O5. The number of benzene rings is 11. The number of para-hydroxylation sites is 2. The van der Waals surface area contributed by atoms with Crippen LogP contribution < -0.4 is 21.1 Å². The van der Waals surface area contributed by atoms with E-state index in [4.69, 9.17) is 38.3 Å². The molecule has 5 amide bonds. The van der Waals surface area contributed by atoms with Gasteiger partial charge in [-0.1, -0.05) is 298 Å². The molecule has 0 spiro atoms. The lowest BCUT2D eigenvalue weighted by molar-refractivity contribution is -0.147. The number of piperidine rings is 2. The van der Waals surface area contributed by atoms with Crippen LogP contribution in [0.1, 0.15) is 154 Å². The van der Waals surface area contributed by atoms with Crippen LogP contribution in [0.2, 0.25) is 10.0 Å². The van der Waals surface area contributed by atoms with Crippen LogP contribution in [0.4, 0.5) is 14.5 Å². The number of hydrogen-bond acceptors (Lipinski definition) is 11. The molecule has 5 heterocycles. The third-order valence-electron chi connectivity index (χ3n) is 24.3. The normalized spacial score (nSPS) is 13.7. The molecule has 14 aromatic rings. The molecule has 19 nitrogen and oxygen atoms in total. The maximum absolute atomic E-state index is 13.8. The predicted octanol–water partition coefficient (Wildman–Crippen LogP) is 22.2. The lowest BCUT2D eigenvalue weighted by atomic mass is 9.82. The Balaban J connectivity index is 0.000000150. The number of anilines is 1. The molecule has 0 radical (unpaired) electrons. The van der Waals surface area contributed by atoms with Crippen molar-refractivity contribution in [2.75, 3.05) is 72.0 Å². The number of hydrogen-bond donors (Lipinski definition) is 3. The lowest BCUT2D eigenvalue weighted by Crippen LogP contribution is -2.64. The SMILES string of the molecule is CCN(NC(=O)c1c(-c2ccccc2)nc(-c2ccccc2)n1C)c1ccccc1.CC[C@H](NC(=O)c1c(-c2ccccc2)nc(-c2ccccc2)n1C)c1ccccc1.CC[C@H](NC(=O)c1c(-c2ccccc2)nn(-c2ccccc2)c1C)c1ccccc1.CN(C)C(=O)C1(N2CCCCC2)CCN(CC[C@H](CN(C)C(=O)c2ccc(F)c(F)c2)c2ccc(Cl)c(Cl)c2)CC1. The fourth-order valence-electron chi connectivity index (χ4n) is 17.3. The number of amides is 5. The Morgan fingerprint density at radius 3 is 1.37 bits per heavy atom. The second-order valence-electron chi connectivity index (χ2n) is 33.1. The van der Waals surface area contributed by atoms with E-state index in [1.807, 2.05) is 346 Å². The maximum atomic E-state index is 13.8. The molecule has 674 valence electrons. The minimum absolute atomic E-state index is 0.0539. The van der Waals surface area contributed by atoms with Crippen molar-refractivity contribution in [3.8, 4) is 62.2 Å². The highest BCUT2D eigenvalue weighted by Crippen LogP contribution is 2.38. The maximum Gasteiger partial charge on any atom is 0.288 e. The number of imidazole rings is 2. The number of carbonyl (C=O) groups is 5. The molecule has 0 bridgehead atoms. The van der Waals surface area contributed by atoms with Crippen LogP contribution >= 0.6 is 23.2 Å². The fourth-order valence-corrected chi connectivity index (χ4v) is 17.6. The fraction of sp³-hybridized carbons (Fsp3) is 0.259. The van der Waals surface area contributed by atoms with Gasteiger partial charge in [0.05, 0.1) is 44.8 Å². The molecular weight excluding hydrogens is 1680 g/mol. The van der Waals surface area contributed by atoms with Gasteiger partial charge in [0, 0.05) is 101 Å². The zero-order valence-electron chi connectivity index (χ0n) is 75.8. The summed E-state index contributed by atoms with van der Waals surface area (Å²) in [6, 6.07) is 97.9. The zero-order chi connectivity index (χ0) is 92.5. The molecule has 2 saturated heterocycles. The Kier molecular flexibility index (Phi) is 33.2. The van der Waals surface area contributed by atoms with Crippen LogP contribution in [0, 0.1) is 18.6 Å². The predicted molar refractivity (Wildman–Crippen MR) is 522 cm³/mol. The summed E-state index contributed by atoms with van der Waals surface area (Å²) in [6.07, 6.45) is 7.42. The molecule has 0 saturated carbocycles. The standard InChI is InChI=1S/C31H40Cl2F2N4O2.2C26H25N3O.C25H24N4O/c1-36(2)30(41)31(39-14-5-4-6-15-39)12-17-38(18-13-31)16-11-24(22-7-9-25(32)26(33)19-22)21-37(3)29(40)23-8-10-27(34)28(35)20-23;1-3-22(19-13-7-4-8-14-19)27-26(30)24-23(20-15-9-5-10-16-20)28-25(29(24)2)21-17-11-6-12-18-21;1-3-23(20-13-7-4-8-14-20)27-26(30)24-19(2)29(22-17-11-6-12-18-22)28-25(24)21-15-9-5-10-16-21;1-3-29(21-17-11-6-12-18-21)27-25(30)23-22(19-13-7-4-8-14-19)26-24(28(23)2)20-15-9-5-10-16-20/h7-10,19-20,24H,4-6,11-18,21H2,1-3H3;4-18,22H,3H2,1-2H3,(H,27,30);4-18,23H,3H2,1-2H3,(H,27,30);4-18H,3H2,1-2H3,(H,27,30)/t24-;22-;23-;/m100./s1. The number of carbonyl (C=O) groups excluding carboxylic acids is 5. The molecule has 11 aromatic carbocycles. The van der Waals surface area contributed by atoms with Gasteiger partial charge in [0.25, 0.3) is 23.6 Å². The van der Waals surface area contributed by atoms with E-state index in [-0.39, 0.29) is 53.1 Å². The summed E-state index contributed by atoms with van der Waals surface area (Å²) in [6.45, 7) is 13.5. The first-order valence-corrected chi connectivity index (χ1v) is 45.6. The van der Waals surface area contributed by atoms with Crippen molar-refractivity contribution in [2.45, 2.75) is 103 Å². The molecule has 3 N–H and O–H groups in total. The molecule has 0 unspecified atom stereocenters. The molecule has 131 heavy (non-hydrogen) atoms. The van der Waals surface area contributed by atoms with Gasteiger partial charge in [0.15, 0.2) is 11.6 Å². The Labute approximate surface area is 777 Å². The summed E-state index contributed by atoms with van der Waals surface area (Å²) in [7, 11) is 9.14. The van der Waals surface area contributed by atoms with E-state index in [1.54, 1.807) is 18.0 Å². The Hall–Kier alpha value is -13.4. The van der Waals surface area contributed by atoms with Crippen molar-refractivity contribution in [3.63, 3.8) is 0 Å². The van der Waals surface area contributed by atoms with Gasteiger partial charge in [0.2, 0.25) is 5.91 Å². The highest BCUT2D eigenvalue weighted by Gasteiger charge is 2.47. The highest BCUT2D eigenvalue weighted by atomic mass is 35.5. The third kappa shape index (κ3) is 23.4. The molecule has 23 heteroatoms. The van der Waals surface area contributed by atoms with E-state index in [1.165, 1.54) is 17.4 Å². The van der Waals surface area contributed by atoms with Gasteiger partial charge in [-0.25, -0.2) is 23.4 Å². The number of hydrazine groups is 1. The van der Waals surface area contributed by atoms with Crippen molar-refractivity contribution < 1.29 is 32.8 Å². The first-order valence-electron chi connectivity index (χ1n) is 44.8. The average Bonchev–Trinajstić information content (AvgIpc) is 1.28. The summed E-state index contributed by atoms with van der Waals surface area (Å²) in [5.41, 5.74) is 17.0. The van der Waals surface area contributed by atoms with E-state index in [9.17, 15) is 32.8 Å². The number of nitrogens with zero attached hydrogens (tertiary/aromatic N) is 11. The van der Waals surface area contributed by atoms with Crippen LogP contribution in [0.3, 0.4) is 0 Å². The number of halogens is 4. The average molecular weight is 1800 g/mol. The number of rotatable bonds is 27. The Bertz CT molecular complexity index is 5650. The monoisotopic (exact) mass is 1790 g/mol. The molecule has 2 aliphatic heterocycles. The van der Waals surface area contributed by atoms with Crippen molar-refractivity contribution in [1.82, 2.24) is 64.5 Å². The Morgan fingerprint density at radius 2 is 0.916 bits per heavy atom. The van der Waals surface area contributed by atoms with Gasteiger partial charge in [-0.05, 0) is 150 Å². The van der Waals surface area contributed by atoms with Crippen LogP contribution in [0.15, 0.2) is 309 Å². The van der Waals surface area contributed by atoms with Crippen molar-refractivity contribution in [2.24, 2.45) is 14.1 Å². The zero-order valence-corrected chi connectivity index (χ0v) is 77.3. The van der Waals surface area contributed by atoms with E-state index < -0.39 is 17.2 Å². The highest BCUT2D eigenvalue weighted by molar-refractivity contribution is 6.42. The van der Waals surface area contributed by atoms with Gasteiger partial charge < -0.3 is 34.5 Å². The largest absolute Gasteiger partial charge is 0.347 e. The molecule has 2 aliphatic rings.